The largest absolute Gasteiger partial charge is 0.462 e. The van der Waals surface area contributed by atoms with Gasteiger partial charge in [-0.05, 0) is 49.2 Å². The Labute approximate surface area is 152 Å². The van der Waals surface area contributed by atoms with Crippen LogP contribution >= 0.6 is 0 Å². The highest BCUT2D eigenvalue weighted by Crippen LogP contribution is 2.10. The second-order valence-electron chi connectivity index (χ2n) is 5.73. The Kier molecular flexibility index (Phi) is 6.91. The highest BCUT2D eigenvalue weighted by atomic mass is 16.5. The van der Waals surface area contributed by atoms with E-state index in [1.165, 1.54) is 0 Å². The zero-order chi connectivity index (χ0) is 18.9. The molecule has 0 aliphatic heterocycles. The summed E-state index contributed by atoms with van der Waals surface area (Å²) in [6, 6.07) is 14.0. The molecular formula is C20H22N2O4. The summed E-state index contributed by atoms with van der Waals surface area (Å²) >= 11 is 0. The number of rotatable bonds is 7. The highest BCUT2D eigenvalue weighted by molar-refractivity contribution is 5.95. The third-order valence-corrected chi connectivity index (χ3v) is 3.74. The average molecular weight is 354 g/mol. The second-order valence-corrected chi connectivity index (χ2v) is 5.73. The quantitative estimate of drug-likeness (QED) is 0.748. The summed E-state index contributed by atoms with van der Waals surface area (Å²) in [5.74, 6) is -0.965. The molecule has 0 radical (unpaired) electrons. The molecule has 0 saturated heterocycles. The Hall–Kier alpha value is -3.15. The Bertz CT molecular complexity index is 785. The van der Waals surface area contributed by atoms with Gasteiger partial charge in [0.15, 0.2) is 0 Å². The summed E-state index contributed by atoms with van der Waals surface area (Å²) in [6.45, 7) is 3.86. The number of carbonyl (C=O) groups is 3. The van der Waals surface area contributed by atoms with Crippen LogP contribution in [0.1, 0.15) is 28.4 Å². The number of hydrogen-bond donors (Lipinski definition) is 2. The molecule has 6 nitrogen and oxygen atoms in total. The molecule has 0 aliphatic carbocycles. The van der Waals surface area contributed by atoms with Crippen LogP contribution in [0.15, 0.2) is 48.5 Å². The summed E-state index contributed by atoms with van der Waals surface area (Å²) in [4.78, 5) is 35.5. The maximum absolute atomic E-state index is 12.0. The molecule has 0 spiro atoms. The molecule has 0 atom stereocenters. The molecule has 136 valence electrons. The first-order valence-electron chi connectivity index (χ1n) is 8.38. The smallest absolute Gasteiger partial charge is 0.338 e. The van der Waals surface area contributed by atoms with Gasteiger partial charge >= 0.3 is 5.97 Å². The number of benzene rings is 2. The van der Waals surface area contributed by atoms with Crippen LogP contribution in [0.5, 0.6) is 0 Å². The number of anilines is 1. The number of esters is 1. The first kappa shape index (κ1) is 19.2. The molecule has 6 heteroatoms. The molecule has 0 aliphatic rings. The van der Waals surface area contributed by atoms with Gasteiger partial charge in [-0.3, -0.25) is 9.59 Å². The van der Waals surface area contributed by atoms with E-state index in [0.29, 0.717) is 17.9 Å². The van der Waals surface area contributed by atoms with Crippen molar-refractivity contribution in [2.75, 3.05) is 18.5 Å². The Morgan fingerprint density at radius 3 is 2.31 bits per heavy atom. The predicted molar refractivity (Wildman–Crippen MR) is 98.9 cm³/mol. The molecule has 26 heavy (non-hydrogen) atoms. The van der Waals surface area contributed by atoms with Crippen LogP contribution in [0.3, 0.4) is 0 Å². The number of ether oxygens (including phenoxy) is 1. The number of nitrogens with one attached hydrogen (secondary N) is 2. The number of carbonyl (C=O) groups excluding carboxylic acids is 3. The monoisotopic (exact) mass is 354 g/mol. The van der Waals surface area contributed by atoms with E-state index in [4.69, 9.17) is 4.74 Å². The van der Waals surface area contributed by atoms with E-state index in [0.717, 1.165) is 11.1 Å². The van der Waals surface area contributed by atoms with Crippen molar-refractivity contribution in [1.29, 1.82) is 0 Å². The van der Waals surface area contributed by atoms with Gasteiger partial charge in [-0.15, -0.1) is 0 Å². The maximum Gasteiger partial charge on any atom is 0.338 e. The summed E-state index contributed by atoms with van der Waals surface area (Å²) < 4.78 is 4.90. The van der Waals surface area contributed by atoms with Crippen LogP contribution in [0.4, 0.5) is 5.69 Å². The highest BCUT2D eigenvalue weighted by Gasteiger charge is 2.09. The van der Waals surface area contributed by atoms with Crippen LogP contribution in [0.25, 0.3) is 0 Å². The normalized spacial score (nSPS) is 10.1. The number of hydrogen-bond acceptors (Lipinski definition) is 4. The fourth-order valence-electron chi connectivity index (χ4n) is 2.33. The number of amides is 2. The fraction of sp³-hybridized carbons (Fsp3) is 0.250. The van der Waals surface area contributed by atoms with Crippen LogP contribution in [-0.4, -0.2) is 30.9 Å². The van der Waals surface area contributed by atoms with E-state index in [9.17, 15) is 14.4 Å². The molecule has 2 aromatic carbocycles. The van der Waals surface area contributed by atoms with Crippen molar-refractivity contribution in [3.8, 4) is 0 Å². The Balaban J connectivity index is 1.80. The predicted octanol–water partition coefficient (Wildman–Crippen LogP) is 2.47. The lowest BCUT2D eigenvalue weighted by atomic mass is 10.1. The molecule has 2 N–H and O–H groups in total. The minimum absolute atomic E-state index is 0.121. The first-order chi connectivity index (χ1) is 12.5. The molecule has 0 heterocycles. The van der Waals surface area contributed by atoms with Crippen molar-refractivity contribution in [1.82, 2.24) is 5.32 Å². The van der Waals surface area contributed by atoms with E-state index in [2.05, 4.69) is 10.6 Å². The topological polar surface area (TPSA) is 84.5 Å². The van der Waals surface area contributed by atoms with Crippen LogP contribution in [-0.2, 0) is 20.7 Å². The van der Waals surface area contributed by atoms with Crippen molar-refractivity contribution >= 4 is 23.5 Å². The van der Waals surface area contributed by atoms with Crippen molar-refractivity contribution in [3.63, 3.8) is 0 Å². The van der Waals surface area contributed by atoms with Gasteiger partial charge in [-0.25, -0.2) is 4.79 Å². The van der Waals surface area contributed by atoms with Crippen LogP contribution < -0.4 is 10.6 Å². The average Bonchev–Trinajstić information content (AvgIpc) is 2.63. The minimum Gasteiger partial charge on any atom is -0.462 e. The molecular weight excluding hydrogens is 332 g/mol. The van der Waals surface area contributed by atoms with Gasteiger partial charge in [0.25, 0.3) is 0 Å². The van der Waals surface area contributed by atoms with E-state index >= 15 is 0 Å². The second kappa shape index (κ2) is 9.36. The fourth-order valence-corrected chi connectivity index (χ4v) is 2.33. The van der Waals surface area contributed by atoms with Gasteiger partial charge in [0, 0.05) is 5.69 Å². The number of aryl methyl sites for hydroxylation is 1. The van der Waals surface area contributed by atoms with E-state index in [1.807, 2.05) is 31.2 Å². The zero-order valence-corrected chi connectivity index (χ0v) is 14.9. The summed E-state index contributed by atoms with van der Waals surface area (Å²) in [7, 11) is 0. The Morgan fingerprint density at radius 1 is 0.962 bits per heavy atom. The molecule has 2 amide bonds. The third kappa shape index (κ3) is 5.73. The molecule has 0 unspecified atom stereocenters. The molecule has 0 saturated carbocycles. The van der Waals surface area contributed by atoms with Gasteiger partial charge in [-0.1, -0.05) is 24.3 Å². The maximum atomic E-state index is 12.0. The van der Waals surface area contributed by atoms with Gasteiger partial charge < -0.3 is 15.4 Å². The lowest BCUT2D eigenvalue weighted by Gasteiger charge is -2.09. The van der Waals surface area contributed by atoms with Gasteiger partial charge in [0.05, 0.1) is 25.1 Å². The van der Waals surface area contributed by atoms with E-state index < -0.39 is 5.97 Å². The van der Waals surface area contributed by atoms with Crippen LogP contribution in [0, 0.1) is 6.92 Å². The van der Waals surface area contributed by atoms with Crippen LogP contribution in [0.2, 0.25) is 0 Å². The first-order valence-corrected chi connectivity index (χ1v) is 8.38. The third-order valence-electron chi connectivity index (χ3n) is 3.74. The SMILES string of the molecule is CCOC(=O)c1ccc(NC(=O)CNC(=O)Cc2ccccc2C)cc1. The lowest BCUT2D eigenvalue weighted by Crippen LogP contribution is -2.33. The molecule has 2 aromatic rings. The summed E-state index contributed by atoms with van der Waals surface area (Å²) in [6.07, 6.45) is 0.230. The van der Waals surface area contributed by atoms with Crippen molar-refractivity contribution in [2.45, 2.75) is 20.3 Å². The van der Waals surface area contributed by atoms with E-state index in [-0.39, 0.29) is 24.8 Å². The standard InChI is InChI=1S/C20H22N2O4/c1-3-26-20(25)15-8-10-17(11-9-15)22-19(24)13-21-18(23)12-16-7-5-4-6-14(16)2/h4-11H,3,12-13H2,1-2H3,(H,21,23)(H,22,24). The molecule has 0 fully saturated rings. The molecule has 0 bridgehead atoms. The van der Waals surface area contributed by atoms with Crippen molar-refractivity contribution in [3.05, 3.63) is 65.2 Å². The minimum atomic E-state index is -0.408. The summed E-state index contributed by atoms with van der Waals surface area (Å²) in [5, 5.41) is 5.26. The molecule has 0 aromatic heterocycles. The van der Waals surface area contributed by atoms with Crippen molar-refractivity contribution < 1.29 is 19.1 Å². The van der Waals surface area contributed by atoms with Gasteiger partial charge in [-0.2, -0.15) is 0 Å². The van der Waals surface area contributed by atoms with Gasteiger partial charge in [0.2, 0.25) is 11.8 Å². The lowest BCUT2D eigenvalue weighted by molar-refractivity contribution is -0.123. The van der Waals surface area contributed by atoms with Gasteiger partial charge in [0.1, 0.15) is 0 Å². The van der Waals surface area contributed by atoms with Crippen molar-refractivity contribution in [2.24, 2.45) is 0 Å². The zero-order valence-electron chi connectivity index (χ0n) is 14.9. The van der Waals surface area contributed by atoms with E-state index in [1.54, 1.807) is 31.2 Å². The Morgan fingerprint density at radius 2 is 1.65 bits per heavy atom. The molecule has 2 rings (SSSR count). The summed E-state index contributed by atoms with van der Waals surface area (Å²) in [5.41, 5.74) is 2.92.